The maximum atomic E-state index is 13.8. The van der Waals surface area contributed by atoms with Gasteiger partial charge in [-0.1, -0.05) is 103 Å². The van der Waals surface area contributed by atoms with Crippen molar-refractivity contribution >= 4 is 27.5 Å². The largest absolute Gasteiger partial charge is 0.495 e. The first-order chi connectivity index (χ1) is 17.9. The lowest BCUT2D eigenvalue weighted by Gasteiger charge is -2.25. The van der Waals surface area contributed by atoms with Crippen molar-refractivity contribution in [2.24, 2.45) is 0 Å². The third-order valence-electron chi connectivity index (χ3n) is 5.84. The molecular weight excluding hydrogens is 508 g/mol. The second kappa shape index (κ2) is 12.1. The van der Waals surface area contributed by atoms with E-state index in [-0.39, 0.29) is 22.2 Å². The van der Waals surface area contributed by atoms with Crippen molar-refractivity contribution < 1.29 is 17.9 Å². The van der Waals surface area contributed by atoms with Gasteiger partial charge < -0.3 is 10.1 Å². The summed E-state index contributed by atoms with van der Waals surface area (Å²) in [6.07, 6.45) is 0. The molecule has 6 nitrogen and oxygen atoms in total. The van der Waals surface area contributed by atoms with Crippen molar-refractivity contribution in [3.63, 3.8) is 0 Å². The number of methoxy groups -OCH3 is 1. The summed E-state index contributed by atoms with van der Waals surface area (Å²) in [5.74, 6) is -0.299. The molecule has 8 heteroatoms. The first-order valence-electron chi connectivity index (χ1n) is 11.7. The normalized spacial score (nSPS) is 11.5. The van der Waals surface area contributed by atoms with Crippen LogP contribution in [0, 0.1) is 0 Å². The second-order valence-electron chi connectivity index (χ2n) is 8.38. The van der Waals surface area contributed by atoms with Crippen molar-refractivity contribution in [3.8, 4) is 5.75 Å². The summed E-state index contributed by atoms with van der Waals surface area (Å²) in [6.45, 7) is -0.406. The van der Waals surface area contributed by atoms with Gasteiger partial charge in [-0.05, 0) is 34.9 Å². The number of nitrogens with zero attached hydrogens (tertiary/aromatic N) is 1. The van der Waals surface area contributed by atoms with Crippen LogP contribution in [0.2, 0.25) is 5.02 Å². The average Bonchev–Trinajstić information content (AvgIpc) is 2.93. The van der Waals surface area contributed by atoms with E-state index in [1.165, 1.54) is 19.2 Å². The summed E-state index contributed by atoms with van der Waals surface area (Å²) in [7, 11) is -2.77. The molecule has 0 heterocycles. The number of benzene rings is 4. The molecule has 1 N–H and O–H groups in total. The number of rotatable bonds is 10. The van der Waals surface area contributed by atoms with Gasteiger partial charge in [-0.15, -0.1) is 0 Å². The summed E-state index contributed by atoms with van der Waals surface area (Å²) in [5, 5.41) is 3.27. The third-order valence-corrected chi connectivity index (χ3v) is 7.88. The summed E-state index contributed by atoms with van der Waals surface area (Å²) in [4.78, 5) is 13.3. The second-order valence-corrected chi connectivity index (χ2v) is 10.7. The number of halogens is 1. The Bertz CT molecular complexity index is 1390. The lowest BCUT2D eigenvalue weighted by Crippen LogP contribution is -2.41. The molecule has 0 atom stereocenters. The molecule has 4 aromatic carbocycles. The van der Waals surface area contributed by atoms with Gasteiger partial charge in [0.2, 0.25) is 15.9 Å². The number of carbonyl (C=O) groups is 1. The smallest absolute Gasteiger partial charge is 0.247 e. The molecule has 0 aliphatic heterocycles. The first-order valence-corrected chi connectivity index (χ1v) is 13.5. The van der Waals surface area contributed by atoms with Gasteiger partial charge in [0.1, 0.15) is 10.6 Å². The van der Waals surface area contributed by atoms with Crippen LogP contribution in [0.4, 0.5) is 0 Å². The number of carbonyl (C=O) groups excluding carboxylic acids is 1. The molecule has 4 rings (SSSR count). The van der Waals surface area contributed by atoms with E-state index in [0.29, 0.717) is 0 Å². The zero-order chi connectivity index (χ0) is 26.3. The highest BCUT2D eigenvalue weighted by atomic mass is 35.5. The van der Waals surface area contributed by atoms with E-state index >= 15 is 0 Å². The van der Waals surface area contributed by atoms with E-state index in [1.54, 1.807) is 6.07 Å². The van der Waals surface area contributed by atoms with Gasteiger partial charge in [0.05, 0.1) is 19.7 Å². The van der Waals surface area contributed by atoms with Gasteiger partial charge in [-0.2, -0.15) is 4.31 Å². The monoisotopic (exact) mass is 534 g/mol. The van der Waals surface area contributed by atoms with Crippen molar-refractivity contribution in [2.45, 2.75) is 17.5 Å². The number of hydrogen-bond acceptors (Lipinski definition) is 4. The zero-order valence-electron chi connectivity index (χ0n) is 20.3. The van der Waals surface area contributed by atoms with E-state index in [4.69, 9.17) is 16.3 Å². The van der Waals surface area contributed by atoms with Gasteiger partial charge >= 0.3 is 0 Å². The van der Waals surface area contributed by atoms with E-state index < -0.39 is 28.5 Å². The van der Waals surface area contributed by atoms with Gasteiger partial charge in [0.25, 0.3) is 0 Å². The standard InChI is InChI=1S/C29H27ClN2O4S/c1-36-26-18-17-25(30)19-27(26)37(34,35)32(20-22-11-5-2-6-12-22)21-28(33)31-29(23-13-7-3-8-14-23)24-15-9-4-10-16-24/h2-19,29H,20-21H2,1H3,(H,31,33). The molecule has 190 valence electrons. The molecule has 0 radical (unpaired) electrons. The zero-order valence-corrected chi connectivity index (χ0v) is 21.8. The Morgan fingerprint density at radius 2 is 1.41 bits per heavy atom. The minimum absolute atomic E-state index is 0.00635. The van der Waals surface area contributed by atoms with Crippen LogP contribution in [0.25, 0.3) is 0 Å². The fourth-order valence-corrected chi connectivity index (χ4v) is 5.82. The van der Waals surface area contributed by atoms with Gasteiger partial charge in [0.15, 0.2) is 0 Å². The summed E-state index contributed by atoms with van der Waals surface area (Å²) in [5.41, 5.74) is 2.51. The Kier molecular flexibility index (Phi) is 8.61. The Morgan fingerprint density at radius 1 is 0.865 bits per heavy atom. The van der Waals surface area contributed by atoms with E-state index in [9.17, 15) is 13.2 Å². The lowest BCUT2D eigenvalue weighted by atomic mass is 9.99. The molecule has 0 saturated heterocycles. The van der Waals surface area contributed by atoms with E-state index in [0.717, 1.165) is 21.0 Å². The van der Waals surface area contributed by atoms with Crippen LogP contribution >= 0.6 is 11.6 Å². The maximum absolute atomic E-state index is 13.8. The number of hydrogen-bond donors (Lipinski definition) is 1. The average molecular weight is 535 g/mol. The van der Waals surface area contributed by atoms with Gasteiger partial charge in [-0.3, -0.25) is 4.79 Å². The molecular formula is C29H27ClN2O4S. The predicted molar refractivity (Wildman–Crippen MR) is 145 cm³/mol. The molecule has 0 aliphatic carbocycles. The minimum Gasteiger partial charge on any atom is -0.495 e. The van der Waals surface area contributed by atoms with Crippen molar-refractivity contribution in [1.29, 1.82) is 0 Å². The van der Waals surface area contributed by atoms with Crippen molar-refractivity contribution in [2.75, 3.05) is 13.7 Å². The molecule has 0 saturated carbocycles. The number of sulfonamides is 1. The number of ether oxygens (including phenoxy) is 1. The Balaban J connectivity index is 1.67. The third kappa shape index (κ3) is 6.57. The number of amides is 1. The van der Waals surface area contributed by atoms with Crippen LogP contribution in [0.1, 0.15) is 22.7 Å². The molecule has 0 unspecified atom stereocenters. The van der Waals surface area contributed by atoms with Crippen LogP contribution in [-0.4, -0.2) is 32.3 Å². The summed E-state index contributed by atoms with van der Waals surface area (Å²) < 4.78 is 34.1. The molecule has 0 bridgehead atoms. The van der Waals surface area contributed by atoms with Crippen molar-refractivity contribution in [3.05, 3.63) is 131 Å². The number of nitrogens with one attached hydrogen (secondary N) is 1. The van der Waals surface area contributed by atoms with Crippen LogP contribution in [0.5, 0.6) is 5.75 Å². The first kappa shape index (κ1) is 26.4. The fraction of sp³-hybridized carbons (Fsp3) is 0.138. The molecule has 37 heavy (non-hydrogen) atoms. The maximum Gasteiger partial charge on any atom is 0.247 e. The summed E-state index contributed by atoms with van der Waals surface area (Å²) in [6, 6.07) is 32.1. The molecule has 0 spiro atoms. The molecule has 1 amide bonds. The van der Waals surface area contributed by atoms with Gasteiger partial charge in [0, 0.05) is 11.6 Å². The van der Waals surface area contributed by atoms with E-state index in [1.807, 2.05) is 91.0 Å². The minimum atomic E-state index is -4.16. The molecule has 0 aromatic heterocycles. The van der Waals surface area contributed by atoms with Crippen LogP contribution < -0.4 is 10.1 Å². The fourth-order valence-electron chi connectivity index (χ4n) is 4.02. The molecule has 0 fully saturated rings. The topological polar surface area (TPSA) is 75.7 Å². The van der Waals surface area contributed by atoms with Crippen LogP contribution in [-0.2, 0) is 21.4 Å². The quantitative estimate of drug-likeness (QED) is 0.294. The van der Waals surface area contributed by atoms with E-state index in [2.05, 4.69) is 5.32 Å². The highest BCUT2D eigenvalue weighted by Crippen LogP contribution is 2.30. The van der Waals surface area contributed by atoms with Crippen molar-refractivity contribution in [1.82, 2.24) is 9.62 Å². The Morgan fingerprint density at radius 3 is 1.95 bits per heavy atom. The molecule has 4 aromatic rings. The van der Waals surface area contributed by atoms with Crippen LogP contribution in [0.3, 0.4) is 0 Å². The highest BCUT2D eigenvalue weighted by Gasteiger charge is 2.31. The van der Waals surface area contributed by atoms with Crippen LogP contribution in [0.15, 0.2) is 114 Å². The highest BCUT2D eigenvalue weighted by molar-refractivity contribution is 7.89. The SMILES string of the molecule is COc1ccc(Cl)cc1S(=O)(=O)N(CC(=O)NC(c1ccccc1)c1ccccc1)Cc1ccccc1. The Labute approximate surface area is 222 Å². The molecule has 0 aliphatic rings. The predicted octanol–water partition coefficient (Wildman–Crippen LogP) is 5.45. The lowest BCUT2D eigenvalue weighted by molar-refractivity contribution is -0.121. The summed E-state index contributed by atoms with van der Waals surface area (Å²) >= 11 is 6.14. The Hall–Kier alpha value is -3.65. The van der Waals surface area contributed by atoms with Gasteiger partial charge in [-0.25, -0.2) is 8.42 Å².